The first-order valence-electron chi connectivity index (χ1n) is 2.78. The molecule has 0 aromatic carbocycles. The zero-order valence-corrected chi connectivity index (χ0v) is 5.97. The van der Waals surface area contributed by atoms with E-state index in [0.717, 1.165) is 0 Å². The highest BCUT2D eigenvalue weighted by atomic mass is 32.1. The van der Waals surface area contributed by atoms with Gasteiger partial charge in [0.2, 0.25) is 0 Å². The summed E-state index contributed by atoms with van der Waals surface area (Å²) >= 11 is 3.89. The Hall–Kier alpha value is -0.220. The van der Waals surface area contributed by atoms with Crippen LogP contribution in [-0.2, 0) is 4.79 Å². The van der Waals surface area contributed by atoms with Crippen LogP contribution in [0.2, 0.25) is 0 Å². The van der Waals surface area contributed by atoms with E-state index in [1.165, 1.54) is 0 Å². The Morgan fingerprint density at radius 2 is 2.33 bits per heavy atom. The molecule has 0 spiro atoms. The first-order valence-corrected chi connectivity index (χ1v) is 3.30. The molecule has 0 aromatic heterocycles. The number of carboxylic acids is 1. The molecule has 0 bridgehead atoms. The van der Waals surface area contributed by atoms with Gasteiger partial charge in [-0.2, -0.15) is 12.6 Å². The van der Waals surface area contributed by atoms with Gasteiger partial charge in [0.25, 0.3) is 0 Å². The molecule has 0 amide bonds. The molecule has 0 saturated carbocycles. The van der Waals surface area contributed by atoms with Crippen LogP contribution < -0.4 is 5.73 Å². The van der Waals surface area contributed by atoms with E-state index in [2.05, 4.69) is 12.6 Å². The number of aliphatic carboxylic acids is 1. The minimum absolute atomic E-state index is 0.177. The standard InChI is InChI=1S/C5H11NO2S/c6-4(9)2-1-3-5(7)8/h4,9H,1-3,6H2,(H,7,8). The number of thiol groups is 1. The molecule has 1 unspecified atom stereocenters. The summed E-state index contributed by atoms with van der Waals surface area (Å²) in [5.41, 5.74) is 5.25. The highest BCUT2D eigenvalue weighted by molar-refractivity contribution is 7.80. The Balaban J connectivity index is 3.01. The number of carbonyl (C=O) groups is 1. The summed E-state index contributed by atoms with van der Waals surface area (Å²) < 4.78 is 0. The molecule has 0 aromatic rings. The van der Waals surface area contributed by atoms with Crippen molar-refractivity contribution in [2.24, 2.45) is 5.73 Å². The molecule has 4 heteroatoms. The Labute approximate surface area is 59.6 Å². The van der Waals surface area contributed by atoms with Gasteiger partial charge in [-0.05, 0) is 12.8 Å². The minimum atomic E-state index is -0.774. The van der Waals surface area contributed by atoms with Crippen molar-refractivity contribution in [3.8, 4) is 0 Å². The van der Waals surface area contributed by atoms with Gasteiger partial charge in [-0.1, -0.05) is 0 Å². The zero-order chi connectivity index (χ0) is 7.28. The first-order chi connectivity index (χ1) is 4.13. The minimum Gasteiger partial charge on any atom is -0.481 e. The van der Waals surface area contributed by atoms with Crippen LogP contribution >= 0.6 is 12.6 Å². The van der Waals surface area contributed by atoms with Gasteiger partial charge >= 0.3 is 5.97 Å². The van der Waals surface area contributed by atoms with E-state index in [1.807, 2.05) is 0 Å². The normalized spacial score (nSPS) is 13.1. The van der Waals surface area contributed by atoms with Gasteiger partial charge < -0.3 is 10.8 Å². The van der Waals surface area contributed by atoms with E-state index in [9.17, 15) is 4.79 Å². The van der Waals surface area contributed by atoms with Crippen molar-refractivity contribution in [1.82, 2.24) is 0 Å². The molecule has 0 radical (unpaired) electrons. The highest BCUT2D eigenvalue weighted by Crippen LogP contribution is 2.00. The van der Waals surface area contributed by atoms with Gasteiger partial charge in [0.15, 0.2) is 0 Å². The van der Waals surface area contributed by atoms with Crippen molar-refractivity contribution < 1.29 is 9.90 Å². The summed E-state index contributed by atoms with van der Waals surface area (Å²) in [6, 6.07) is 0. The van der Waals surface area contributed by atoms with Crippen molar-refractivity contribution in [3.63, 3.8) is 0 Å². The summed E-state index contributed by atoms with van der Waals surface area (Å²) in [5, 5.41) is 7.98. The van der Waals surface area contributed by atoms with Crippen LogP contribution in [0.1, 0.15) is 19.3 Å². The maximum absolute atomic E-state index is 9.92. The molecule has 3 N–H and O–H groups in total. The molecule has 3 nitrogen and oxygen atoms in total. The van der Waals surface area contributed by atoms with Gasteiger partial charge in [-0.3, -0.25) is 4.79 Å². The topological polar surface area (TPSA) is 63.3 Å². The molecule has 54 valence electrons. The summed E-state index contributed by atoms with van der Waals surface area (Å²) in [4.78, 5) is 9.92. The van der Waals surface area contributed by atoms with Gasteiger partial charge in [0, 0.05) is 11.8 Å². The molecule has 0 saturated heterocycles. The van der Waals surface area contributed by atoms with E-state index in [1.54, 1.807) is 0 Å². The quantitative estimate of drug-likeness (QED) is 0.402. The summed E-state index contributed by atoms with van der Waals surface area (Å²) in [5.74, 6) is -0.774. The Morgan fingerprint density at radius 1 is 1.78 bits per heavy atom. The van der Waals surface area contributed by atoms with Crippen LogP contribution in [0.4, 0.5) is 0 Å². The van der Waals surface area contributed by atoms with Crippen LogP contribution in [0.3, 0.4) is 0 Å². The molecule has 0 heterocycles. The number of carboxylic acid groups (broad SMARTS) is 1. The molecular formula is C5H11NO2S. The number of nitrogens with two attached hydrogens (primary N) is 1. The monoisotopic (exact) mass is 149 g/mol. The molecule has 9 heavy (non-hydrogen) atoms. The molecule has 0 aliphatic carbocycles. The predicted molar refractivity (Wildman–Crippen MR) is 38.4 cm³/mol. The molecule has 1 atom stereocenters. The summed E-state index contributed by atoms with van der Waals surface area (Å²) in [6.07, 6.45) is 1.46. The van der Waals surface area contributed by atoms with Gasteiger partial charge in [0.05, 0.1) is 0 Å². The van der Waals surface area contributed by atoms with Gasteiger partial charge in [-0.25, -0.2) is 0 Å². The molecule has 0 aliphatic rings. The van der Waals surface area contributed by atoms with Gasteiger partial charge in [-0.15, -0.1) is 0 Å². The number of hydrogen-bond acceptors (Lipinski definition) is 3. The van der Waals surface area contributed by atoms with Crippen LogP contribution in [0, 0.1) is 0 Å². The van der Waals surface area contributed by atoms with E-state index in [4.69, 9.17) is 10.8 Å². The van der Waals surface area contributed by atoms with Crippen molar-refractivity contribution in [3.05, 3.63) is 0 Å². The molecular weight excluding hydrogens is 138 g/mol. The Bertz CT molecular complexity index is 95.0. The van der Waals surface area contributed by atoms with Crippen molar-refractivity contribution >= 4 is 18.6 Å². The second-order valence-corrected chi connectivity index (χ2v) is 2.52. The summed E-state index contributed by atoms with van der Waals surface area (Å²) in [7, 11) is 0. The van der Waals surface area contributed by atoms with Crippen LogP contribution in [-0.4, -0.2) is 16.4 Å². The van der Waals surface area contributed by atoms with Crippen molar-refractivity contribution in [1.29, 1.82) is 0 Å². The highest BCUT2D eigenvalue weighted by Gasteiger charge is 1.98. The lowest BCUT2D eigenvalue weighted by Crippen LogP contribution is -2.11. The Kier molecular flexibility index (Phi) is 4.53. The zero-order valence-electron chi connectivity index (χ0n) is 5.08. The molecule has 0 fully saturated rings. The summed E-state index contributed by atoms with van der Waals surface area (Å²) in [6.45, 7) is 0. The van der Waals surface area contributed by atoms with E-state index < -0.39 is 5.97 Å². The lowest BCUT2D eigenvalue weighted by molar-refractivity contribution is -0.137. The SMILES string of the molecule is NC(S)CCCC(=O)O. The van der Waals surface area contributed by atoms with E-state index in [-0.39, 0.29) is 11.8 Å². The second-order valence-electron chi connectivity index (χ2n) is 1.85. The van der Waals surface area contributed by atoms with Gasteiger partial charge in [0.1, 0.15) is 0 Å². The van der Waals surface area contributed by atoms with Crippen LogP contribution in [0.5, 0.6) is 0 Å². The third kappa shape index (κ3) is 7.78. The lowest BCUT2D eigenvalue weighted by atomic mass is 10.2. The van der Waals surface area contributed by atoms with Crippen molar-refractivity contribution in [2.45, 2.75) is 24.6 Å². The first kappa shape index (κ1) is 8.78. The van der Waals surface area contributed by atoms with Crippen LogP contribution in [0.25, 0.3) is 0 Å². The Morgan fingerprint density at radius 3 is 2.67 bits per heavy atom. The predicted octanol–water partition coefficient (Wildman–Crippen LogP) is 0.456. The fraction of sp³-hybridized carbons (Fsp3) is 0.800. The number of hydrogen-bond donors (Lipinski definition) is 3. The average molecular weight is 149 g/mol. The van der Waals surface area contributed by atoms with Crippen LogP contribution in [0.15, 0.2) is 0 Å². The third-order valence-corrected chi connectivity index (χ3v) is 1.15. The maximum Gasteiger partial charge on any atom is 0.303 e. The average Bonchev–Trinajstić information content (AvgIpc) is 1.63. The lowest BCUT2D eigenvalue weighted by Gasteiger charge is -1.99. The smallest absolute Gasteiger partial charge is 0.303 e. The third-order valence-electron chi connectivity index (χ3n) is 0.891. The number of rotatable bonds is 4. The fourth-order valence-corrected chi connectivity index (χ4v) is 0.645. The maximum atomic E-state index is 9.92. The fourth-order valence-electron chi connectivity index (χ4n) is 0.462. The second kappa shape index (κ2) is 4.64. The molecule has 0 aliphatic heterocycles. The van der Waals surface area contributed by atoms with E-state index >= 15 is 0 Å². The molecule has 0 rings (SSSR count). The largest absolute Gasteiger partial charge is 0.481 e. The van der Waals surface area contributed by atoms with Crippen molar-refractivity contribution in [2.75, 3.05) is 0 Å². The van der Waals surface area contributed by atoms with E-state index in [0.29, 0.717) is 12.8 Å².